The van der Waals surface area contributed by atoms with E-state index in [0.717, 1.165) is 31.4 Å². The number of ether oxygens (including phenoxy) is 1. The second-order valence-electron chi connectivity index (χ2n) is 5.08. The van der Waals surface area contributed by atoms with Crippen LogP contribution in [0.25, 0.3) is 0 Å². The standard InChI is InChI=1S/C15H21FN2O2.ClH/c1-20-10-12-8-11(5-6-13(12)16)9-18-15(19)14-4-2-3-7-17-14;/h5-6,8,14,17H,2-4,7,9-10H2,1H3,(H,18,19);1H. The number of halogens is 2. The van der Waals surface area contributed by atoms with Crippen LogP contribution >= 0.6 is 12.4 Å². The molecular weight excluding hydrogens is 295 g/mol. The highest BCUT2D eigenvalue weighted by Crippen LogP contribution is 2.12. The summed E-state index contributed by atoms with van der Waals surface area (Å²) in [5, 5.41) is 6.10. The number of hydrogen-bond acceptors (Lipinski definition) is 3. The van der Waals surface area contributed by atoms with Gasteiger partial charge in [0.2, 0.25) is 5.91 Å². The second kappa shape index (κ2) is 8.97. The van der Waals surface area contributed by atoms with Gasteiger partial charge in [0, 0.05) is 19.2 Å². The number of carbonyl (C=O) groups excluding carboxylic acids is 1. The van der Waals surface area contributed by atoms with Gasteiger partial charge < -0.3 is 15.4 Å². The van der Waals surface area contributed by atoms with Crippen LogP contribution in [-0.4, -0.2) is 25.6 Å². The Labute approximate surface area is 130 Å². The zero-order valence-corrected chi connectivity index (χ0v) is 13.0. The summed E-state index contributed by atoms with van der Waals surface area (Å²) in [5.74, 6) is -0.266. The molecule has 0 bridgehead atoms. The lowest BCUT2D eigenvalue weighted by molar-refractivity contribution is -0.123. The number of nitrogens with one attached hydrogen (secondary N) is 2. The van der Waals surface area contributed by atoms with Crippen molar-refractivity contribution in [2.24, 2.45) is 0 Å². The Hall–Kier alpha value is -1.17. The highest BCUT2D eigenvalue weighted by Gasteiger charge is 2.19. The maximum absolute atomic E-state index is 13.5. The summed E-state index contributed by atoms with van der Waals surface area (Å²) >= 11 is 0. The molecule has 1 heterocycles. The molecule has 1 unspecified atom stereocenters. The normalized spacial score (nSPS) is 17.9. The molecule has 6 heteroatoms. The summed E-state index contributed by atoms with van der Waals surface area (Å²) in [6.45, 7) is 1.54. The average Bonchev–Trinajstić information content (AvgIpc) is 2.49. The number of amides is 1. The molecule has 0 radical (unpaired) electrons. The van der Waals surface area contributed by atoms with Crippen molar-refractivity contribution in [1.82, 2.24) is 10.6 Å². The smallest absolute Gasteiger partial charge is 0.237 e. The van der Waals surface area contributed by atoms with Crippen LogP contribution in [0.1, 0.15) is 30.4 Å². The van der Waals surface area contributed by atoms with Gasteiger partial charge in [0.25, 0.3) is 0 Å². The lowest BCUT2D eigenvalue weighted by Gasteiger charge is -2.22. The molecule has 21 heavy (non-hydrogen) atoms. The minimum atomic E-state index is -0.282. The van der Waals surface area contributed by atoms with Crippen molar-refractivity contribution >= 4 is 18.3 Å². The number of rotatable bonds is 5. The van der Waals surface area contributed by atoms with Crippen LogP contribution in [-0.2, 0) is 22.7 Å². The Kier molecular flexibility index (Phi) is 7.64. The van der Waals surface area contributed by atoms with E-state index in [4.69, 9.17) is 4.74 Å². The molecule has 2 N–H and O–H groups in total. The van der Waals surface area contributed by atoms with E-state index in [0.29, 0.717) is 12.1 Å². The Morgan fingerprint density at radius 3 is 2.95 bits per heavy atom. The topological polar surface area (TPSA) is 50.4 Å². The minimum absolute atomic E-state index is 0. The predicted octanol–water partition coefficient (Wildman–Crippen LogP) is 2.15. The average molecular weight is 317 g/mol. The molecule has 118 valence electrons. The molecule has 1 amide bonds. The number of hydrogen-bond donors (Lipinski definition) is 2. The van der Waals surface area contributed by atoms with Crippen LogP contribution in [0.4, 0.5) is 4.39 Å². The lowest BCUT2D eigenvalue weighted by atomic mass is 10.0. The summed E-state index contributed by atoms with van der Waals surface area (Å²) in [7, 11) is 1.53. The van der Waals surface area contributed by atoms with E-state index in [1.54, 1.807) is 12.1 Å². The molecular formula is C15H22ClFN2O2. The highest BCUT2D eigenvalue weighted by molar-refractivity contribution is 5.85. The fourth-order valence-corrected chi connectivity index (χ4v) is 2.39. The first-order valence-corrected chi connectivity index (χ1v) is 6.98. The van der Waals surface area contributed by atoms with Crippen LogP contribution in [0.15, 0.2) is 18.2 Å². The molecule has 0 aliphatic carbocycles. The largest absolute Gasteiger partial charge is 0.380 e. The van der Waals surface area contributed by atoms with Gasteiger partial charge in [-0.25, -0.2) is 4.39 Å². The van der Waals surface area contributed by atoms with Gasteiger partial charge >= 0.3 is 0 Å². The third-order valence-electron chi connectivity index (χ3n) is 3.50. The van der Waals surface area contributed by atoms with Crippen molar-refractivity contribution in [3.8, 4) is 0 Å². The molecule has 1 fully saturated rings. The van der Waals surface area contributed by atoms with E-state index in [1.807, 2.05) is 0 Å². The first kappa shape index (κ1) is 17.9. The Morgan fingerprint density at radius 2 is 2.29 bits per heavy atom. The summed E-state index contributed by atoms with van der Waals surface area (Å²) in [4.78, 5) is 12.0. The maximum atomic E-state index is 13.5. The summed E-state index contributed by atoms with van der Waals surface area (Å²) in [6, 6.07) is 4.73. The van der Waals surface area contributed by atoms with E-state index in [-0.39, 0.29) is 36.8 Å². The third kappa shape index (κ3) is 5.26. The Balaban J connectivity index is 0.00000220. The van der Waals surface area contributed by atoms with Crippen LogP contribution in [0, 0.1) is 5.82 Å². The van der Waals surface area contributed by atoms with Gasteiger partial charge in [-0.15, -0.1) is 12.4 Å². The number of carbonyl (C=O) groups is 1. The number of piperidine rings is 1. The van der Waals surface area contributed by atoms with Crippen molar-refractivity contribution in [3.05, 3.63) is 35.1 Å². The summed E-state index contributed by atoms with van der Waals surface area (Å²) in [6.07, 6.45) is 3.09. The molecule has 0 aromatic heterocycles. The van der Waals surface area contributed by atoms with Gasteiger partial charge in [-0.05, 0) is 37.1 Å². The SMILES string of the molecule is COCc1cc(CNC(=O)C2CCCCN2)ccc1F.Cl. The van der Waals surface area contributed by atoms with E-state index in [1.165, 1.54) is 13.2 Å². The van der Waals surface area contributed by atoms with Gasteiger partial charge in [0.05, 0.1) is 12.6 Å². The molecule has 1 aliphatic heterocycles. The van der Waals surface area contributed by atoms with E-state index >= 15 is 0 Å². The van der Waals surface area contributed by atoms with E-state index < -0.39 is 0 Å². The molecule has 0 spiro atoms. The zero-order chi connectivity index (χ0) is 14.4. The first-order valence-electron chi connectivity index (χ1n) is 6.98. The van der Waals surface area contributed by atoms with Crippen LogP contribution in [0.5, 0.6) is 0 Å². The number of benzene rings is 1. The first-order chi connectivity index (χ1) is 9.70. The zero-order valence-electron chi connectivity index (χ0n) is 12.2. The fraction of sp³-hybridized carbons (Fsp3) is 0.533. The maximum Gasteiger partial charge on any atom is 0.237 e. The van der Waals surface area contributed by atoms with Crippen molar-refractivity contribution in [3.63, 3.8) is 0 Å². The molecule has 0 saturated carbocycles. The third-order valence-corrected chi connectivity index (χ3v) is 3.50. The summed E-state index contributed by atoms with van der Waals surface area (Å²) in [5.41, 5.74) is 1.39. The van der Waals surface area contributed by atoms with Crippen LogP contribution in [0.2, 0.25) is 0 Å². The molecule has 2 rings (SSSR count). The van der Waals surface area contributed by atoms with Gasteiger partial charge in [-0.2, -0.15) is 0 Å². The molecule has 4 nitrogen and oxygen atoms in total. The van der Waals surface area contributed by atoms with Crippen LogP contribution < -0.4 is 10.6 Å². The highest BCUT2D eigenvalue weighted by atomic mass is 35.5. The lowest BCUT2D eigenvalue weighted by Crippen LogP contribution is -2.46. The van der Waals surface area contributed by atoms with E-state index in [9.17, 15) is 9.18 Å². The molecule has 1 aromatic carbocycles. The number of methoxy groups -OCH3 is 1. The van der Waals surface area contributed by atoms with Crippen LogP contribution in [0.3, 0.4) is 0 Å². The Bertz CT molecular complexity index is 465. The minimum Gasteiger partial charge on any atom is -0.380 e. The van der Waals surface area contributed by atoms with Crippen molar-refractivity contribution < 1.29 is 13.9 Å². The van der Waals surface area contributed by atoms with Gasteiger partial charge in [-0.3, -0.25) is 4.79 Å². The monoisotopic (exact) mass is 316 g/mol. The molecule has 1 saturated heterocycles. The predicted molar refractivity (Wildman–Crippen MR) is 81.8 cm³/mol. The van der Waals surface area contributed by atoms with Crippen molar-refractivity contribution in [1.29, 1.82) is 0 Å². The summed E-state index contributed by atoms with van der Waals surface area (Å²) < 4.78 is 18.4. The van der Waals surface area contributed by atoms with Gasteiger partial charge in [-0.1, -0.05) is 12.5 Å². The van der Waals surface area contributed by atoms with Gasteiger partial charge in [0.1, 0.15) is 5.82 Å². The van der Waals surface area contributed by atoms with Crippen molar-refractivity contribution in [2.75, 3.05) is 13.7 Å². The molecule has 1 atom stereocenters. The quantitative estimate of drug-likeness (QED) is 0.875. The molecule has 1 aliphatic rings. The van der Waals surface area contributed by atoms with Gasteiger partial charge in [0.15, 0.2) is 0 Å². The van der Waals surface area contributed by atoms with E-state index in [2.05, 4.69) is 10.6 Å². The Morgan fingerprint density at radius 1 is 1.48 bits per heavy atom. The second-order valence-corrected chi connectivity index (χ2v) is 5.08. The fourth-order valence-electron chi connectivity index (χ4n) is 2.39. The molecule has 1 aromatic rings. The van der Waals surface area contributed by atoms with Crippen molar-refractivity contribution in [2.45, 2.75) is 38.5 Å².